The van der Waals surface area contributed by atoms with Gasteiger partial charge in [-0.1, -0.05) is 0 Å². The van der Waals surface area contributed by atoms with Crippen LogP contribution in [-0.2, 0) is 0 Å². The molecule has 1 aromatic heterocycles. The molecule has 7 heteroatoms. The van der Waals surface area contributed by atoms with E-state index in [-0.39, 0.29) is 28.1 Å². The van der Waals surface area contributed by atoms with Gasteiger partial charge >= 0.3 is 5.69 Å². The molecule has 0 aliphatic carbocycles. The van der Waals surface area contributed by atoms with Crippen molar-refractivity contribution in [2.45, 2.75) is 6.92 Å². The SMILES string of the molecule is Cc1oc2ccc([N+](=O)[O-])cc2c1[N+](=O)[O-]. The molecule has 0 bridgehead atoms. The first-order valence-corrected chi connectivity index (χ1v) is 4.32. The molecule has 7 nitrogen and oxygen atoms in total. The Morgan fingerprint density at radius 1 is 1.19 bits per heavy atom. The molecule has 0 aliphatic heterocycles. The quantitative estimate of drug-likeness (QED) is 0.574. The predicted molar refractivity (Wildman–Crippen MR) is 54.3 cm³/mol. The summed E-state index contributed by atoms with van der Waals surface area (Å²) in [5.41, 5.74) is -0.148. The number of furan rings is 1. The Balaban J connectivity index is 2.79. The fourth-order valence-corrected chi connectivity index (χ4v) is 1.54. The molecule has 0 unspecified atom stereocenters. The Kier molecular flexibility index (Phi) is 2.08. The first-order valence-electron chi connectivity index (χ1n) is 4.32. The van der Waals surface area contributed by atoms with Crippen LogP contribution in [0.15, 0.2) is 22.6 Å². The lowest BCUT2D eigenvalue weighted by atomic mass is 10.2. The van der Waals surface area contributed by atoms with E-state index in [1.807, 2.05) is 0 Å². The zero-order valence-electron chi connectivity index (χ0n) is 8.17. The second kappa shape index (κ2) is 3.30. The Morgan fingerprint density at radius 3 is 2.44 bits per heavy atom. The maximum atomic E-state index is 10.8. The van der Waals surface area contributed by atoms with Gasteiger partial charge in [0, 0.05) is 19.1 Å². The van der Waals surface area contributed by atoms with Crippen molar-refractivity contribution in [1.29, 1.82) is 0 Å². The van der Waals surface area contributed by atoms with Crippen molar-refractivity contribution in [1.82, 2.24) is 0 Å². The minimum Gasteiger partial charge on any atom is -0.454 e. The van der Waals surface area contributed by atoms with Gasteiger partial charge in [0.2, 0.25) is 0 Å². The van der Waals surface area contributed by atoms with E-state index < -0.39 is 9.85 Å². The molecule has 1 heterocycles. The van der Waals surface area contributed by atoms with Crippen LogP contribution in [0.2, 0.25) is 0 Å². The van der Waals surface area contributed by atoms with E-state index in [0.29, 0.717) is 0 Å². The zero-order chi connectivity index (χ0) is 11.9. The highest BCUT2D eigenvalue weighted by molar-refractivity contribution is 5.90. The summed E-state index contributed by atoms with van der Waals surface area (Å²) in [5.74, 6) is 0.139. The highest BCUT2D eigenvalue weighted by atomic mass is 16.6. The molecule has 82 valence electrons. The Morgan fingerprint density at radius 2 is 1.88 bits per heavy atom. The van der Waals surface area contributed by atoms with Gasteiger partial charge in [0.05, 0.1) is 9.85 Å². The van der Waals surface area contributed by atoms with Crippen LogP contribution >= 0.6 is 0 Å². The van der Waals surface area contributed by atoms with Gasteiger partial charge in [0.25, 0.3) is 5.69 Å². The Labute approximate surface area is 88.6 Å². The van der Waals surface area contributed by atoms with Crippen molar-refractivity contribution < 1.29 is 14.3 Å². The highest BCUT2D eigenvalue weighted by Gasteiger charge is 2.23. The van der Waals surface area contributed by atoms with Crippen molar-refractivity contribution in [2.24, 2.45) is 0 Å². The third kappa shape index (κ3) is 1.38. The summed E-state index contributed by atoms with van der Waals surface area (Å²) in [6.07, 6.45) is 0. The molecule has 2 rings (SSSR count). The van der Waals surface area contributed by atoms with E-state index in [9.17, 15) is 20.2 Å². The van der Waals surface area contributed by atoms with E-state index in [0.717, 1.165) is 6.07 Å². The topological polar surface area (TPSA) is 99.4 Å². The number of hydrogen-bond donors (Lipinski definition) is 0. The van der Waals surface area contributed by atoms with Crippen LogP contribution in [0.5, 0.6) is 0 Å². The summed E-state index contributed by atoms with van der Waals surface area (Å²) in [7, 11) is 0. The van der Waals surface area contributed by atoms with E-state index in [1.165, 1.54) is 19.1 Å². The van der Waals surface area contributed by atoms with Crippen molar-refractivity contribution in [3.8, 4) is 0 Å². The monoisotopic (exact) mass is 222 g/mol. The van der Waals surface area contributed by atoms with Crippen molar-refractivity contribution >= 4 is 22.3 Å². The second-order valence-corrected chi connectivity index (χ2v) is 3.20. The van der Waals surface area contributed by atoms with Crippen LogP contribution in [0.3, 0.4) is 0 Å². The summed E-state index contributed by atoms with van der Waals surface area (Å²) in [5, 5.41) is 21.4. The third-order valence-corrected chi connectivity index (χ3v) is 2.21. The molecule has 0 atom stereocenters. The third-order valence-electron chi connectivity index (χ3n) is 2.21. The smallest absolute Gasteiger partial charge is 0.318 e. The van der Waals surface area contributed by atoms with E-state index in [4.69, 9.17) is 4.42 Å². The molecule has 0 N–H and O–H groups in total. The van der Waals surface area contributed by atoms with Crippen LogP contribution in [-0.4, -0.2) is 9.85 Å². The first-order chi connectivity index (χ1) is 7.50. The fraction of sp³-hybridized carbons (Fsp3) is 0.111. The molecular formula is C9H6N2O5. The normalized spacial score (nSPS) is 10.6. The van der Waals surface area contributed by atoms with Gasteiger partial charge in [0.1, 0.15) is 11.0 Å². The van der Waals surface area contributed by atoms with Crippen LogP contribution in [0, 0.1) is 27.2 Å². The molecular weight excluding hydrogens is 216 g/mol. The lowest BCUT2D eigenvalue weighted by molar-refractivity contribution is -0.386. The van der Waals surface area contributed by atoms with Crippen molar-refractivity contribution in [3.63, 3.8) is 0 Å². The molecule has 0 fully saturated rings. The summed E-state index contributed by atoms with van der Waals surface area (Å²) < 4.78 is 5.13. The summed E-state index contributed by atoms with van der Waals surface area (Å²) >= 11 is 0. The van der Waals surface area contributed by atoms with Crippen molar-refractivity contribution in [2.75, 3.05) is 0 Å². The Hall–Kier alpha value is -2.44. The molecule has 16 heavy (non-hydrogen) atoms. The number of benzene rings is 1. The molecule has 0 saturated carbocycles. The minimum absolute atomic E-state index is 0.139. The predicted octanol–water partition coefficient (Wildman–Crippen LogP) is 2.56. The van der Waals surface area contributed by atoms with Gasteiger partial charge in [-0.25, -0.2) is 0 Å². The molecule has 0 spiro atoms. The number of non-ortho nitro benzene ring substituents is 1. The summed E-state index contributed by atoms with van der Waals surface area (Å²) in [6, 6.07) is 3.74. The van der Waals surface area contributed by atoms with E-state index >= 15 is 0 Å². The minimum atomic E-state index is -0.606. The lowest BCUT2D eigenvalue weighted by Crippen LogP contribution is -1.90. The van der Waals surface area contributed by atoms with Gasteiger partial charge in [-0.2, -0.15) is 0 Å². The lowest BCUT2D eigenvalue weighted by Gasteiger charge is -1.90. The van der Waals surface area contributed by atoms with E-state index in [1.54, 1.807) is 0 Å². The summed E-state index contributed by atoms with van der Waals surface area (Å²) in [4.78, 5) is 20.1. The highest BCUT2D eigenvalue weighted by Crippen LogP contribution is 2.34. The number of nitro benzene ring substituents is 1. The Bertz CT molecular complexity index is 601. The number of nitrogens with zero attached hydrogens (tertiary/aromatic N) is 2. The van der Waals surface area contributed by atoms with E-state index in [2.05, 4.69) is 0 Å². The maximum Gasteiger partial charge on any atom is 0.318 e. The average molecular weight is 222 g/mol. The number of rotatable bonds is 2. The molecule has 0 aliphatic rings. The summed E-state index contributed by atoms with van der Waals surface area (Å²) in [6.45, 7) is 1.45. The van der Waals surface area contributed by atoms with Gasteiger partial charge < -0.3 is 4.42 Å². The van der Waals surface area contributed by atoms with Crippen molar-refractivity contribution in [3.05, 3.63) is 44.2 Å². The fourth-order valence-electron chi connectivity index (χ4n) is 1.54. The van der Waals surface area contributed by atoms with Gasteiger partial charge in [-0.15, -0.1) is 0 Å². The van der Waals surface area contributed by atoms with Gasteiger partial charge in [0.15, 0.2) is 5.76 Å². The van der Waals surface area contributed by atoms with Crippen LogP contribution in [0.4, 0.5) is 11.4 Å². The molecule has 0 radical (unpaired) electrons. The molecule has 0 saturated heterocycles. The average Bonchev–Trinajstić information content (AvgIpc) is 2.51. The van der Waals surface area contributed by atoms with Crippen LogP contribution < -0.4 is 0 Å². The molecule has 1 aromatic carbocycles. The number of fused-ring (bicyclic) bond motifs is 1. The first kappa shape index (κ1) is 10.1. The zero-order valence-corrected chi connectivity index (χ0v) is 8.17. The second-order valence-electron chi connectivity index (χ2n) is 3.20. The number of hydrogen-bond acceptors (Lipinski definition) is 5. The molecule has 0 amide bonds. The van der Waals surface area contributed by atoms with Crippen LogP contribution in [0.25, 0.3) is 11.0 Å². The molecule has 2 aromatic rings. The maximum absolute atomic E-state index is 10.8. The largest absolute Gasteiger partial charge is 0.454 e. The van der Waals surface area contributed by atoms with Crippen LogP contribution in [0.1, 0.15) is 5.76 Å². The van der Waals surface area contributed by atoms with Gasteiger partial charge in [-0.05, 0) is 6.07 Å². The number of nitro groups is 2. The van der Waals surface area contributed by atoms with Gasteiger partial charge in [-0.3, -0.25) is 20.2 Å². The standard InChI is InChI=1S/C9H6N2O5/c1-5-9(11(14)15)7-4-6(10(12)13)2-3-8(7)16-5/h2-4H,1H3. The number of aryl methyl sites for hydroxylation is 1.